The van der Waals surface area contributed by atoms with Crippen molar-refractivity contribution in [3.05, 3.63) is 35.6 Å². The molecule has 0 radical (unpaired) electrons. The minimum absolute atomic E-state index is 0.0487. The summed E-state index contributed by atoms with van der Waals surface area (Å²) in [6.07, 6.45) is 1.31. The average molecular weight is 197 g/mol. The predicted molar refractivity (Wildman–Crippen MR) is 53.9 cm³/mol. The minimum atomic E-state index is -0.337. The monoisotopic (exact) mass is 197 g/mol. The summed E-state index contributed by atoms with van der Waals surface area (Å²) in [7, 11) is 0. The minimum Gasteiger partial charge on any atom is -0.375 e. The van der Waals surface area contributed by atoms with Gasteiger partial charge in [-0.05, 0) is 18.3 Å². The zero-order chi connectivity index (χ0) is 9.68. The number of hydrogen-bond donors (Lipinski definition) is 2. The van der Waals surface area contributed by atoms with Crippen molar-refractivity contribution in [1.29, 1.82) is 0 Å². The van der Waals surface area contributed by atoms with E-state index in [1.165, 1.54) is 12.3 Å². The molecular formula is C8H8FN3S. The van der Waals surface area contributed by atoms with Crippen LogP contribution < -0.4 is 11.2 Å². The Kier molecular flexibility index (Phi) is 3.33. The van der Waals surface area contributed by atoms with E-state index in [1.807, 2.05) is 0 Å². The van der Waals surface area contributed by atoms with Crippen LogP contribution in [0.1, 0.15) is 5.56 Å². The van der Waals surface area contributed by atoms with Crippen molar-refractivity contribution < 1.29 is 4.39 Å². The number of nitrogens with zero attached hydrogens (tertiary/aromatic N) is 1. The molecule has 0 atom stereocenters. The molecule has 0 saturated heterocycles. The van der Waals surface area contributed by atoms with Crippen molar-refractivity contribution >= 4 is 23.5 Å². The zero-order valence-corrected chi connectivity index (χ0v) is 7.51. The fraction of sp³-hybridized carbons (Fsp3) is 0. The fourth-order valence-electron chi connectivity index (χ4n) is 0.745. The average Bonchev–Trinajstić information content (AvgIpc) is 2.08. The van der Waals surface area contributed by atoms with Gasteiger partial charge in [0, 0.05) is 5.56 Å². The molecule has 3 N–H and O–H groups in total. The highest BCUT2D eigenvalue weighted by Crippen LogP contribution is 2.02. The Bertz CT molecular complexity index is 338. The molecule has 13 heavy (non-hydrogen) atoms. The Morgan fingerprint density at radius 3 is 2.85 bits per heavy atom. The van der Waals surface area contributed by atoms with Crippen LogP contribution in [0.3, 0.4) is 0 Å². The van der Waals surface area contributed by atoms with Crippen molar-refractivity contribution in [2.75, 3.05) is 0 Å². The van der Waals surface area contributed by atoms with E-state index in [0.29, 0.717) is 5.56 Å². The largest absolute Gasteiger partial charge is 0.375 e. The number of halogens is 1. The molecule has 0 spiro atoms. The van der Waals surface area contributed by atoms with Crippen LogP contribution >= 0.6 is 12.2 Å². The molecule has 0 bridgehead atoms. The third-order valence-corrected chi connectivity index (χ3v) is 1.37. The van der Waals surface area contributed by atoms with E-state index in [0.717, 1.165) is 0 Å². The maximum absolute atomic E-state index is 12.9. The van der Waals surface area contributed by atoms with Crippen LogP contribution in [0.5, 0.6) is 0 Å². The Morgan fingerprint density at radius 2 is 2.23 bits per heavy atom. The van der Waals surface area contributed by atoms with Gasteiger partial charge in [0.2, 0.25) is 0 Å². The van der Waals surface area contributed by atoms with Crippen molar-refractivity contribution in [1.82, 2.24) is 5.43 Å². The molecule has 0 saturated carbocycles. The van der Waals surface area contributed by atoms with Gasteiger partial charge in [0.05, 0.1) is 6.21 Å². The lowest BCUT2D eigenvalue weighted by Crippen LogP contribution is -2.24. The summed E-state index contributed by atoms with van der Waals surface area (Å²) < 4.78 is 12.9. The summed E-state index contributed by atoms with van der Waals surface area (Å²) in [5.41, 5.74) is 7.82. The summed E-state index contributed by atoms with van der Waals surface area (Å²) >= 11 is 4.50. The van der Waals surface area contributed by atoms with E-state index in [1.54, 1.807) is 18.2 Å². The number of rotatable bonds is 2. The van der Waals surface area contributed by atoms with E-state index in [-0.39, 0.29) is 10.9 Å². The van der Waals surface area contributed by atoms with Crippen LogP contribution in [0.2, 0.25) is 0 Å². The van der Waals surface area contributed by atoms with E-state index in [9.17, 15) is 4.39 Å². The van der Waals surface area contributed by atoms with Crippen molar-refractivity contribution in [2.24, 2.45) is 10.8 Å². The Hall–Kier alpha value is -1.49. The predicted octanol–water partition coefficient (Wildman–Crippen LogP) is 0.993. The molecule has 0 fully saturated rings. The normalized spacial score (nSPS) is 10.2. The van der Waals surface area contributed by atoms with Crippen LogP contribution in [0.25, 0.3) is 0 Å². The number of nitrogens with one attached hydrogen (secondary N) is 1. The number of hydrogen-bond acceptors (Lipinski definition) is 2. The highest BCUT2D eigenvalue weighted by Gasteiger charge is 1.94. The van der Waals surface area contributed by atoms with Crippen LogP contribution in [-0.4, -0.2) is 11.3 Å². The topological polar surface area (TPSA) is 50.4 Å². The fourth-order valence-corrected chi connectivity index (χ4v) is 0.798. The third-order valence-electron chi connectivity index (χ3n) is 1.28. The van der Waals surface area contributed by atoms with Gasteiger partial charge in [-0.1, -0.05) is 18.2 Å². The lowest BCUT2D eigenvalue weighted by molar-refractivity contribution is 0.626. The van der Waals surface area contributed by atoms with Gasteiger partial charge >= 0.3 is 0 Å². The van der Waals surface area contributed by atoms with E-state index in [2.05, 4.69) is 22.7 Å². The Labute approximate surface area is 80.4 Å². The maximum atomic E-state index is 12.9. The maximum Gasteiger partial charge on any atom is 0.184 e. The van der Waals surface area contributed by atoms with E-state index >= 15 is 0 Å². The van der Waals surface area contributed by atoms with Crippen LogP contribution in [0, 0.1) is 5.82 Å². The number of benzene rings is 1. The van der Waals surface area contributed by atoms with E-state index < -0.39 is 0 Å². The van der Waals surface area contributed by atoms with Gasteiger partial charge in [-0.25, -0.2) is 4.39 Å². The van der Waals surface area contributed by atoms with Crippen LogP contribution in [0.4, 0.5) is 4.39 Å². The molecule has 1 aromatic rings. The molecule has 0 aliphatic carbocycles. The molecule has 0 aliphatic heterocycles. The smallest absolute Gasteiger partial charge is 0.184 e. The van der Waals surface area contributed by atoms with Gasteiger partial charge in [0.1, 0.15) is 5.82 Å². The summed E-state index contributed by atoms with van der Waals surface area (Å²) in [6, 6.07) is 6.26. The first-order valence-electron chi connectivity index (χ1n) is 3.53. The zero-order valence-electron chi connectivity index (χ0n) is 6.70. The van der Waals surface area contributed by atoms with E-state index in [4.69, 9.17) is 5.73 Å². The second-order valence-electron chi connectivity index (χ2n) is 2.26. The Morgan fingerprint density at radius 1 is 1.54 bits per heavy atom. The molecule has 0 heterocycles. The summed E-state index contributed by atoms with van der Waals surface area (Å²) in [5.74, 6) is -0.337. The van der Waals surface area contributed by atoms with Gasteiger partial charge < -0.3 is 5.73 Å². The van der Waals surface area contributed by atoms with Gasteiger partial charge in [-0.15, -0.1) is 0 Å². The highest BCUT2D eigenvalue weighted by atomic mass is 32.1. The summed E-state index contributed by atoms with van der Waals surface area (Å²) in [4.78, 5) is 0. The summed E-state index contributed by atoms with van der Waals surface area (Å²) in [6.45, 7) is 0. The van der Waals surface area contributed by atoms with Gasteiger partial charge in [0.15, 0.2) is 5.11 Å². The molecule has 0 aliphatic rings. The molecule has 68 valence electrons. The molecule has 0 amide bonds. The molecule has 5 heteroatoms. The standard InChI is InChI=1S/C8H8FN3S/c9-7-4-2-1-3-6(7)5-11-12-8(10)13/h1-5H,(H3,10,12,13)/b11-5-. The van der Waals surface area contributed by atoms with Crippen LogP contribution in [0.15, 0.2) is 29.4 Å². The number of nitrogens with two attached hydrogens (primary N) is 1. The Balaban J connectivity index is 2.68. The van der Waals surface area contributed by atoms with Crippen molar-refractivity contribution in [3.8, 4) is 0 Å². The molecule has 0 aromatic heterocycles. The van der Waals surface area contributed by atoms with Gasteiger partial charge in [-0.3, -0.25) is 5.43 Å². The quantitative estimate of drug-likeness (QED) is 0.422. The second-order valence-corrected chi connectivity index (χ2v) is 2.70. The molecular weight excluding hydrogens is 189 g/mol. The number of thiocarbonyl (C=S) groups is 1. The third kappa shape index (κ3) is 3.16. The van der Waals surface area contributed by atoms with Gasteiger partial charge in [-0.2, -0.15) is 5.10 Å². The lowest BCUT2D eigenvalue weighted by Gasteiger charge is -1.95. The molecule has 1 aromatic carbocycles. The highest BCUT2D eigenvalue weighted by molar-refractivity contribution is 7.80. The van der Waals surface area contributed by atoms with Crippen LogP contribution in [-0.2, 0) is 0 Å². The van der Waals surface area contributed by atoms with Crippen molar-refractivity contribution in [2.45, 2.75) is 0 Å². The lowest BCUT2D eigenvalue weighted by atomic mass is 10.2. The van der Waals surface area contributed by atoms with Crippen molar-refractivity contribution in [3.63, 3.8) is 0 Å². The SMILES string of the molecule is NC(=S)N/N=C\c1ccccc1F. The number of hydrazone groups is 1. The summed E-state index contributed by atoms with van der Waals surface area (Å²) in [5, 5.41) is 3.67. The first-order valence-corrected chi connectivity index (χ1v) is 3.94. The first kappa shape index (κ1) is 9.60. The second kappa shape index (κ2) is 4.51. The molecule has 3 nitrogen and oxygen atoms in total. The first-order chi connectivity index (χ1) is 6.20. The molecule has 0 unspecified atom stereocenters. The van der Waals surface area contributed by atoms with Gasteiger partial charge in [0.25, 0.3) is 0 Å². The molecule has 1 rings (SSSR count).